The Labute approximate surface area is 157 Å². The SMILES string of the molecule is COc1ccc(CCCN(C)C(=O)C2CC3CCCCC3N2)cc1.Cl. The van der Waals surface area contributed by atoms with Crippen molar-refractivity contribution in [3.8, 4) is 5.75 Å². The second-order valence-electron chi connectivity index (χ2n) is 7.32. The number of likely N-dealkylation sites (N-methyl/N-ethyl adjacent to an activating group) is 1. The van der Waals surface area contributed by atoms with Crippen LogP contribution in [0.1, 0.15) is 44.1 Å². The van der Waals surface area contributed by atoms with Crippen LogP contribution >= 0.6 is 12.4 Å². The van der Waals surface area contributed by atoms with E-state index in [2.05, 4.69) is 17.4 Å². The first-order valence-electron chi connectivity index (χ1n) is 9.31. The number of nitrogens with zero attached hydrogens (tertiary/aromatic N) is 1. The van der Waals surface area contributed by atoms with Crippen molar-refractivity contribution in [2.45, 2.75) is 57.0 Å². The lowest BCUT2D eigenvalue weighted by Crippen LogP contribution is -2.44. The van der Waals surface area contributed by atoms with Crippen LogP contribution in [0.5, 0.6) is 5.75 Å². The summed E-state index contributed by atoms with van der Waals surface area (Å²) in [5.74, 6) is 1.89. The van der Waals surface area contributed by atoms with Crippen LogP contribution in [-0.4, -0.2) is 43.6 Å². The van der Waals surface area contributed by atoms with Gasteiger partial charge in [-0.05, 0) is 55.7 Å². The number of hydrogen-bond donors (Lipinski definition) is 1. The number of carbonyl (C=O) groups is 1. The van der Waals surface area contributed by atoms with E-state index in [9.17, 15) is 4.79 Å². The molecule has 1 aliphatic carbocycles. The molecule has 0 radical (unpaired) electrons. The van der Waals surface area contributed by atoms with Gasteiger partial charge >= 0.3 is 0 Å². The van der Waals surface area contributed by atoms with Crippen LogP contribution < -0.4 is 10.1 Å². The zero-order chi connectivity index (χ0) is 16.9. The third-order valence-electron chi connectivity index (χ3n) is 5.66. The maximum Gasteiger partial charge on any atom is 0.239 e. The molecule has 140 valence electrons. The maximum absolute atomic E-state index is 12.7. The smallest absolute Gasteiger partial charge is 0.239 e. The molecule has 1 heterocycles. The van der Waals surface area contributed by atoms with Crippen molar-refractivity contribution in [3.63, 3.8) is 0 Å². The first-order valence-corrected chi connectivity index (χ1v) is 9.31. The first kappa shape index (κ1) is 20.1. The van der Waals surface area contributed by atoms with Crippen LogP contribution in [0.15, 0.2) is 24.3 Å². The molecule has 0 spiro atoms. The Morgan fingerprint density at radius 2 is 1.96 bits per heavy atom. The summed E-state index contributed by atoms with van der Waals surface area (Å²) in [4.78, 5) is 14.6. The number of methoxy groups -OCH3 is 1. The first-order chi connectivity index (χ1) is 11.7. The van der Waals surface area contributed by atoms with Gasteiger partial charge in [-0.3, -0.25) is 4.79 Å². The highest BCUT2D eigenvalue weighted by Gasteiger charge is 2.38. The molecule has 1 saturated carbocycles. The molecule has 3 rings (SSSR count). The molecule has 1 aliphatic heterocycles. The van der Waals surface area contributed by atoms with Gasteiger partial charge in [-0.1, -0.05) is 25.0 Å². The van der Waals surface area contributed by atoms with E-state index in [4.69, 9.17) is 4.74 Å². The molecule has 0 aromatic heterocycles. The monoisotopic (exact) mass is 366 g/mol. The van der Waals surface area contributed by atoms with Crippen molar-refractivity contribution >= 4 is 18.3 Å². The van der Waals surface area contributed by atoms with Crippen LogP contribution in [0.2, 0.25) is 0 Å². The van der Waals surface area contributed by atoms with E-state index in [-0.39, 0.29) is 24.4 Å². The largest absolute Gasteiger partial charge is 0.497 e. The zero-order valence-electron chi connectivity index (χ0n) is 15.4. The predicted octanol–water partition coefficient (Wildman–Crippen LogP) is 3.43. The molecular weight excluding hydrogens is 336 g/mol. The van der Waals surface area contributed by atoms with Crippen molar-refractivity contribution in [1.29, 1.82) is 0 Å². The molecule has 2 fully saturated rings. The number of hydrogen-bond acceptors (Lipinski definition) is 3. The van der Waals surface area contributed by atoms with E-state index in [0.717, 1.165) is 37.5 Å². The van der Waals surface area contributed by atoms with Gasteiger partial charge < -0.3 is 15.0 Å². The van der Waals surface area contributed by atoms with Gasteiger partial charge in [-0.15, -0.1) is 12.4 Å². The Balaban J connectivity index is 0.00000225. The molecule has 25 heavy (non-hydrogen) atoms. The summed E-state index contributed by atoms with van der Waals surface area (Å²) in [5.41, 5.74) is 1.29. The van der Waals surface area contributed by atoms with E-state index in [1.165, 1.54) is 31.2 Å². The normalized spacial score (nSPS) is 25.0. The van der Waals surface area contributed by atoms with Crippen LogP contribution in [0.3, 0.4) is 0 Å². The van der Waals surface area contributed by atoms with Crippen LogP contribution in [-0.2, 0) is 11.2 Å². The topological polar surface area (TPSA) is 41.6 Å². The molecule has 2 aliphatic rings. The summed E-state index contributed by atoms with van der Waals surface area (Å²) in [6.07, 6.45) is 8.21. The van der Waals surface area contributed by atoms with Gasteiger partial charge in [-0.2, -0.15) is 0 Å². The van der Waals surface area contributed by atoms with Crippen molar-refractivity contribution in [2.24, 2.45) is 5.92 Å². The highest BCUT2D eigenvalue weighted by atomic mass is 35.5. The second-order valence-corrected chi connectivity index (χ2v) is 7.32. The Kier molecular flexibility index (Phi) is 7.57. The lowest BCUT2D eigenvalue weighted by molar-refractivity contribution is -0.131. The molecule has 3 unspecified atom stereocenters. The summed E-state index contributed by atoms with van der Waals surface area (Å²) in [6, 6.07) is 8.82. The third-order valence-corrected chi connectivity index (χ3v) is 5.66. The maximum atomic E-state index is 12.7. The lowest BCUT2D eigenvalue weighted by atomic mass is 9.85. The van der Waals surface area contributed by atoms with E-state index in [1.54, 1.807) is 7.11 Å². The van der Waals surface area contributed by atoms with Gasteiger partial charge in [-0.25, -0.2) is 0 Å². The Hall–Kier alpha value is -1.26. The molecule has 1 aromatic carbocycles. The zero-order valence-corrected chi connectivity index (χ0v) is 16.2. The summed E-state index contributed by atoms with van der Waals surface area (Å²) < 4.78 is 5.18. The van der Waals surface area contributed by atoms with Gasteiger partial charge in [0.2, 0.25) is 5.91 Å². The molecular formula is C20H31ClN2O2. The minimum atomic E-state index is 0. The standard InChI is InChI=1S/C20H30N2O2.ClH/c1-22(13-5-6-15-9-11-17(24-2)12-10-15)20(23)19-14-16-7-3-4-8-18(16)21-19;/h9-12,16,18-19,21H,3-8,13-14H2,1-2H3;1H. The second kappa shape index (κ2) is 9.44. The number of nitrogens with one attached hydrogen (secondary N) is 1. The summed E-state index contributed by atoms with van der Waals surface area (Å²) in [7, 11) is 3.63. The fourth-order valence-electron chi connectivity index (χ4n) is 4.20. The summed E-state index contributed by atoms with van der Waals surface area (Å²) >= 11 is 0. The van der Waals surface area contributed by atoms with Gasteiger partial charge in [0, 0.05) is 19.6 Å². The number of fused-ring (bicyclic) bond motifs is 1. The molecule has 1 N–H and O–H groups in total. The average Bonchev–Trinajstić information content (AvgIpc) is 3.05. The summed E-state index contributed by atoms with van der Waals surface area (Å²) in [6.45, 7) is 0.818. The Morgan fingerprint density at radius 1 is 1.24 bits per heavy atom. The number of carbonyl (C=O) groups excluding carboxylic acids is 1. The van der Waals surface area contributed by atoms with Crippen LogP contribution in [0.25, 0.3) is 0 Å². The van der Waals surface area contributed by atoms with E-state index >= 15 is 0 Å². The minimum absolute atomic E-state index is 0. The number of halogens is 1. The lowest BCUT2D eigenvalue weighted by Gasteiger charge is -2.24. The quantitative estimate of drug-likeness (QED) is 0.838. The van der Waals surface area contributed by atoms with Crippen LogP contribution in [0, 0.1) is 5.92 Å². The highest BCUT2D eigenvalue weighted by Crippen LogP contribution is 2.33. The number of amides is 1. The molecule has 1 amide bonds. The molecule has 3 atom stereocenters. The number of aryl methyl sites for hydroxylation is 1. The van der Waals surface area contributed by atoms with Crippen molar-refractivity contribution < 1.29 is 9.53 Å². The van der Waals surface area contributed by atoms with Crippen molar-refractivity contribution in [1.82, 2.24) is 10.2 Å². The molecule has 5 heteroatoms. The van der Waals surface area contributed by atoms with Gasteiger partial charge in [0.15, 0.2) is 0 Å². The van der Waals surface area contributed by atoms with Crippen molar-refractivity contribution in [2.75, 3.05) is 20.7 Å². The number of benzene rings is 1. The fourth-order valence-corrected chi connectivity index (χ4v) is 4.20. The van der Waals surface area contributed by atoms with E-state index in [1.807, 2.05) is 24.1 Å². The summed E-state index contributed by atoms with van der Waals surface area (Å²) in [5, 5.41) is 3.59. The molecule has 4 nitrogen and oxygen atoms in total. The molecule has 0 bridgehead atoms. The van der Waals surface area contributed by atoms with Crippen LogP contribution in [0.4, 0.5) is 0 Å². The third kappa shape index (κ3) is 5.11. The average molecular weight is 367 g/mol. The van der Waals surface area contributed by atoms with E-state index < -0.39 is 0 Å². The fraction of sp³-hybridized carbons (Fsp3) is 0.650. The number of ether oxygens (including phenoxy) is 1. The van der Waals surface area contributed by atoms with E-state index in [0.29, 0.717) is 6.04 Å². The Morgan fingerprint density at radius 3 is 2.64 bits per heavy atom. The van der Waals surface area contributed by atoms with Crippen molar-refractivity contribution in [3.05, 3.63) is 29.8 Å². The highest BCUT2D eigenvalue weighted by molar-refractivity contribution is 5.85. The van der Waals surface area contributed by atoms with Gasteiger partial charge in [0.05, 0.1) is 13.2 Å². The Bertz CT molecular complexity index is 535. The molecule has 1 aromatic rings. The number of rotatable bonds is 6. The minimum Gasteiger partial charge on any atom is -0.497 e. The molecule has 1 saturated heterocycles. The van der Waals surface area contributed by atoms with Gasteiger partial charge in [0.1, 0.15) is 5.75 Å². The van der Waals surface area contributed by atoms with Gasteiger partial charge in [0.25, 0.3) is 0 Å². The predicted molar refractivity (Wildman–Crippen MR) is 103 cm³/mol.